The second-order valence-electron chi connectivity index (χ2n) is 2.71. The van der Waals surface area contributed by atoms with Crippen molar-refractivity contribution in [1.82, 2.24) is 4.90 Å². The molecule has 1 unspecified atom stereocenters. The smallest absolute Gasteiger partial charge is 0.241 e. The Kier molecular flexibility index (Phi) is 2.97. The molecular weight excluding hydrogens is 176 g/mol. The second kappa shape index (κ2) is 3.80. The molecule has 0 aromatic heterocycles. The molecule has 1 saturated heterocycles. The highest BCUT2D eigenvalue weighted by atomic mass is 32.2. The van der Waals surface area contributed by atoms with E-state index in [4.69, 9.17) is 5.73 Å². The first-order valence-corrected chi connectivity index (χ1v) is 4.92. The van der Waals surface area contributed by atoms with Gasteiger partial charge in [-0.05, 0) is 0 Å². The average Bonchev–Trinajstić information content (AvgIpc) is 2.04. The summed E-state index contributed by atoms with van der Waals surface area (Å²) in [6, 6.07) is -0.402. The molecule has 2 amide bonds. The molecule has 0 saturated carbocycles. The van der Waals surface area contributed by atoms with Gasteiger partial charge in [0, 0.05) is 25.0 Å². The first-order chi connectivity index (χ1) is 5.63. The van der Waals surface area contributed by atoms with Crippen LogP contribution in [0.3, 0.4) is 0 Å². The summed E-state index contributed by atoms with van der Waals surface area (Å²) in [5, 5.41) is 0. The third-order valence-electron chi connectivity index (χ3n) is 1.86. The van der Waals surface area contributed by atoms with Crippen LogP contribution in [0.25, 0.3) is 0 Å². The lowest BCUT2D eigenvalue weighted by atomic mass is 10.2. The highest BCUT2D eigenvalue weighted by molar-refractivity contribution is 7.99. The van der Waals surface area contributed by atoms with Crippen LogP contribution in [0.4, 0.5) is 0 Å². The van der Waals surface area contributed by atoms with Gasteiger partial charge < -0.3 is 10.6 Å². The van der Waals surface area contributed by atoms with Crippen molar-refractivity contribution in [1.29, 1.82) is 0 Å². The van der Waals surface area contributed by atoms with E-state index in [9.17, 15) is 9.59 Å². The first-order valence-electron chi connectivity index (χ1n) is 3.77. The van der Waals surface area contributed by atoms with Crippen LogP contribution >= 0.6 is 11.8 Å². The van der Waals surface area contributed by atoms with E-state index in [1.54, 1.807) is 16.7 Å². The maximum absolute atomic E-state index is 11.0. The van der Waals surface area contributed by atoms with Crippen molar-refractivity contribution in [2.24, 2.45) is 5.73 Å². The number of nitrogens with zero attached hydrogens (tertiary/aromatic N) is 1. The monoisotopic (exact) mass is 188 g/mol. The summed E-state index contributed by atoms with van der Waals surface area (Å²) < 4.78 is 0. The van der Waals surface area contributed by atoms with Crippen LogP contribution in [0.5, 0.6) is 0 Å². The Morgan fingerprint density at radius 3 is 2.67 bits per heavy atom. The highest BCUT2D eigenvalue weighted by Gasteiger charge is 2.28. The molecule has 0 radical (unpaired) electrons. The minimum atomic E-state index is -0.405. The Morgan fingerprint density at radius 2 is 2.25 bits per heavy atom. The minimum Gasteiger partial charge on any atom is -0.368 e. The third kappa shape index (κ3) is 1.91. The van der Waals surface area contributed by atoms with Crippen molar-refractivity contribution in [3.05, 3.63) is 0 Å². The lowest BCUT2D eigenvalue weighted by Crippen LogP contribution is -2.51. The van der Waals surface area contributed by atoms with Crippen LogP contribution in [-0.2, 0) is 9.59 Å². The van der Waals surface area contributed by atoms with E-state index in [0.29, 0.717) is 12.3 Å². The van der Waals surface area contributed by atoms with E-state index < -0.39 is 11.9 Å². The van der Waals surface area contributed by atoms with Crippen LogP contribution < -0.4 is 5.73 Å². The van der Waals surface area contributed by atoms with Crippen LogP contribution in [0, 0.1) is 0 Å². The van der Waals surface area contributed by atoms with E-state index in [2.05, 4.69) is 0 Å². The summed E-state index contributed by atoms with van der Waals surface area (Å²) in [5.74, 6) is 1.05. The molecule has 0 aliphatic carbocycles. The van der Waals surface area contributed by atoms with Crippen LogP contribution in [0.2, 0.25) is 0 Å². The Labute approximate surface area is 75.5 Å². The fraction of sp³-hybridized carbons (Fsp3) is 0.714. The number of carbonyl (C=O) groups excluding carboxylic acids is 2. The number of rotatable bonds is 1. The van der Waals surface area contributed by atoms with E-state index >= 15 is 0 Å². The van der Waals surface area contributed by atoms with Crippen molar-refractivity contribution in [3.8, 4) is 0 Å². The van der Waals surface area contributed by atoms with Gasteiger partial charge >= 0.3 is 0 Å². The normalized spacial score (nSPS) is 23.8. The summed E-state index contributed by atoms with van der Waals surface area (Å²) in [6.45, 7) is 2.10. The van der Waals surface area contributed by atoms with Gasteiger partial charge in [-0.2, -0.15) is 11.8 Å². The predicted molar refractivity (Wildman–Crippen MR) is 47.7 cm³/mol. The number of hydrogen-bond donors (Lipinski definition) is 1. The molecule has 1 aliphatic rings. The maximum Gasteiger partial charge on any atom is 0.241 e. The Bertz CT molecular complexity index is 186. The number of primary amides is 1. The molecule has 1 aliphatic heterocycles. The van der Waals surface area contributed by atoms with Gasteiger partial charge in [0.2, 0.25) is 11.8 Å². The van der Waals surface area contributed by atoms with Crippen LogP contribution in [0.1, 0.15) is 6.92 Å². The molecule has 68 valence electrons. The van der Waals surface area contributed by atoms with Crippen molar-refractivity contribution >= 4 is 23.6 Å². The zero-order chi connectivity index (χ0) is 9.14. The van der Waals surface area contributed by atoms with Gasteiger partial charge in [-0.25, -0.2) is 0 Å². The van der Waals surface area contributed by atoms with Crippen LogP contribution in [-0.4, -0.2) is 40.8 Å². The van der Waals surface area contributed by atoms with Crippen molar-refractivity contribution in [2.75, 3.05) is 18.1 Å². The van der Waals surface area contributed by atoms with Crippen LogP contribution in [0.15, 0.2) is 0 Å². The van der Waals surface area contributed by atoms with E-state index in [1.165, 1.54) is 6.92 Å². The van der Waals surface area contributed by atoms with E-state index in [-0.39, 0.29) is 5.91 Å². The molecule has 1 atom stereocenters. The van der Waals surface area contributed by atoms with E-state index in [1.807, 2.05) is 0 Å². The lowest BCUT2D eigenvalue weighted by Gasteiger charge is -2.32. The topological polar surface area (TPSA) is 63.4 Å². The largest absolute Gasteiger partial charge is 0.368 e. The molecule has 12 heavy (non-hydrogen) atoms. The number of hydrogen-bond acceptors (Lipinski definition) is 3. The molecule has 4 nitrogen and oxygen atoms in total. The van der Waals surface area contributed by atoms with Gasteiger partial charge in [0.25, 0.3) is 0 Å². The molecule has 0 aromatic carbocycles. The minimum absolute atomic E-state index is 0.0703. The molecule has 2 N–H and O–H groups in total. The second-order valence-corrected chi connectivity index (χ2v) is 3.86. The molecule has 0 bridgehead atoms. The van der Waals surface area contributed by atoms with Crippen molar-refractivity contribution in [2.45, 2.75) is 13.0 Å². The molecule has 1 fully saturated rings. The first kappa shape index (κ1) is 9.38. The number of nitrogens with two attached hydrogens (primary N) is 1. The molecule has 1 heterocycles. The van der Waals surface area contributed by atoms with Gasteiger partial charge in [0.05, 0.1) is 0 Å². The lowest BCUT2D eigenvalue weighted by molar-refractivity contribution is -0.136. The SMILES string of the molecule is CC(=O)N1CCSCC1C(N)=O. The van der Waals surface area contributed by atoms with Crippen molar-refractivity contribution < 1.29 is 9.59 Å². The standard InChI is InChI=1S/C7H12N2O2S/c1-5(10)9-2-3-12-4-6(9)7(8)11/h6H,2-4H2,1H3,(H2,8,11). The van der Waals surface area contributed by atoms with Gasteiger partial charge in [-0.3, -0.25) is 9.59 Å². The molecule has 0 spiro atoms. The molecule has 5 heteroatoms. The maximum atomic E-state index is 11.0. The number of amides is 2. The van der Waals surface area contributed by atoms with Crippen molar-refractivity contribution in [3.63, 3.8) is 0 Å². The van der Waals surface area contributed by atoms with Gasteiger partial charge in [0.1, 0.15) is 6.04 Å². The zero-order valence-electron chi connectivity index (χ0n) is 6.95. The fourth-order valence-electron chi connectivity index (χ4n) is 1.22. The predicted octanol–water partition coefficient (Wildman–Crippen LogP) is -0.564. The Balaban J connectivity index is 2.67. The Morgan fingerprint density at radius 1 is 1.58 bits per heavy atom. The highest BCUT2D eigenvalue weighted by Crippen LogP contribution is 2.15. The Hall–Kier alpha value is -0.710. The summed E-state index contributed by atoms with van der Waals surface area (Å²) in [7, 11) is 0. The molecule has 0 aromatic rings. The molecule has 1 rings (SSSR count). The van der Waals surface area contributed by atoms with E-state index in [0.717, 1.165) is 5.75 Å². The zero-order valence-corrected chi connectivity index (χ0v) is 7.76. The third-order valence-corrected chi connectivity index (χ3v) is 2.88. The average molecular weight is 188 g/mol. The number of thioether (sulfide) groups is 1. The summed E-state index contributed by atoms with van der Waals surface area (Å²) in [4.78, 5) is 23.4. The van der Waals surface area contributed by atoms with Gasteiger partial charge in [-0.15, -0.1) is 0 Å². The quantitative estimate of drug-likeness (QED) is 0.599. The summed E-state index contributed by atoms with van der Waals surface area (Å²) in [6.07, 6.45) is 0. The fourth-order valence-corrected chi connectivity index (χ4v) is 2.28. The summed E-state index contributed by atoms with van der Waals surface area (Å²) in [5.41, 5.74) is 5.15. The number of carbonyl (C=O) groups is 2. The summed E-state index contributed by atoms with van der Waals surface area (Å²) >= 11 is 1.66. The van der Waals surface area contributed by atoms with Gasteiger partial charge in [-0.1, -0.05) is 0 Å². The van der Waals surface area contributed by atoms with Gasteiger partial charge in [0.15, 0.2) is 0 Å². The molecular formula is C7H12N2O2S.